The summed E-state index contributed by atoms with van der Waals surface area (Å²) in [5.41, 5.74) is 4.46. The van der Waals surface area contributed by atoms with E-state index in [9.17, 15) is 4.79 Å². The van der Waals surface area contributed by atoms with Crippen LogP contribution in [-0.2, 0) is 4.79 Å². The van der Waals surface area contributed by atoms with Gasteiger partial charge in [-0.15, -0.1) is 11.8 Å². The van der Waals surface area contributed by atoms with E-state index in [1.165, 1.54) is 0 Å². The number of thioether (sulfide) groups is 1. The lowest BCUT2D eigenvalue weighted by Crippen LogP contribution is -2.30. The highest BCUT2D eigenvalue weighted by Crippen LogP contribution is 2.24. The molecule has 1 heterocycles. The van der Waals surface area contributed by atoms with Gasteiger partial charge in [0.2, 0.25) is 5.91 Å². The average Bonchev–Trinajstić information content (AvgIpc) is 2.46. The molecule has 1 aliphatic heterocycles. The summed E-state index contributed by atoms with van der Waals surface area (Å²) in [6.45, 7) is 2.00. The number of nitrogens with one attached hydrogen (secondary N) is 1. The van der Waals surface area contributed by atoms with Crippen LogP contribution in [0.2, 0.25) is 0 Å². The Morgan fingerprint density at radius 2 is 2.20 bits per heavy atom. The Kier molecular flexibility index (Phi) is 4.84. The summed E-state index contributed by atoms with van der Waals surface area (Å²) in [7, 11) is 1.66. The van der Waals surface area contributed by atoms with Crippen LogP contribution in [0.15, 0.2) is 34.3 Å². The molecule has 2 rings (SSSR count). The number of carbonyl (C=O) groups is 1. The minimum atomic E-state index is -0.0271. The second kappa shape index (κ2) is 6.61. The average molecular weight is 290 g/mol. The van der Waals surface area contributed by atoms with Gasteiger partial charge in [-0.25, -0.2) is 5.43 Å². The Bertz CT molecular complexity index is 545. The number of hydrogen-bond donors (Lipinski definition) is 1. The van der Waals surface area contributed by atoms with Crippen LogP contribution in [0.1, 0.15) is 18.9 Å². The Morgan fingerprint density at radius 3 is 2.85 bits per heavy atom. The van der Waals surface area contributed by atoms with Crippen molar-refractivity contribution < 1.29 is 9.53 Å². The van der Waals surface area contributed by atoms with E-state index in [0.717, 1.165) is 21.9 Å². The maximum absolute atomic E-state index is 11.2. The van der Waals surface area contributed by atoms with Crippen molar-refractivity contribution in [1.82, 2.24) is 5.43 Å². The van der Waals surface area contributed by atoms with Crippen molar-refractivity contribution in [1.29, 1.82) is 0 Å². The molecule has 1 aromatic rings. The normalized spacial score (nSPS) is 18.9. The number of rotatable bonds is 4. The van der Waals surface area contributed by atoms with E-state index in [1.54, 1.807) is 18.9 Å². The van der Waals surface area contributed by atoms with Crippen molar-refractivity contribution in [3.05, 3.63) is 29.8 Å². The Hall–Kier alpha value is -1.75. The summed E-state index contributed by atoms with van der Waals surface area (Å²) >= 11 is 1.67. The Balaban J connectivity index is 2.21. The summed E-state index contributed by atoms with van der Waals surface area (Å²) in [5.74, 6) is 0.953. The van der Waals surface area contributed by atoms with E-state index in [4.69, 9.17) is 4.74 Å². The third-order valence-corrected chi connectivity index (χ3v) is 3.83. The van der Waals surface area contributed by atoms with Crippen LogP contribution < -0.4 is 10.2 Å². The molecule has 1 N–H and O–H groups in total. The molecular formula is C15H18N2O2S. The second-order valence-electron chi connectivity index (χ2n) is 4.66. The van der Waals surface area contributed by atoms with Crippen LogP contribution in [0.25, 0.3) is 6.08 Å². The Labute approximate surface area is 123 Å². The molecule has 0 radical (unpaired) electrons. The van der Waals surface area contributed by atoms with E-state index in [-0.39, 0.29) is 11.8 Å². The van der Waals surface area contributed by atoms with Gasteiger partial charge in [-0.3, -0.25) is 4.79 Å². The molecule has 0 bridgehead atoms. The zero-order chi connectivity index (χ0) is 14.5. The molecule has 1 aromatic carbocycles. The molecule has 0 saturated carbocycles. The van der Waals surface area contributed by atoms with Crippen molar-refractivity contribution in [3.63, 3.8) is 0 Å². The first-order chi connectivity index (χ1) is 9.62. The third-order valence-electron chi connectivity index (χ3n) is 3.13. The van der Waals surface area contributed by atoms with Crippen molar-refractivity contribution >= 4 is 29.5 Å². The first-order valence-corrected chi connectivity index (χ1v) is 7.62. The van der Waals surface area contributed by atoms with Crippen molar-refractivity contribution in [3.8, 4) is 5.75 Å². The highest BCUT2D eigenvalue weighted by molar-refractivity contribution is 7.98. The molecule has 0 aliphatic carbocycles. The van der Waals surface area contributed by atoms with Gasteiger partial charge in [0.25, 0.3) is 0 Å². The molecule has 5 heteroatoms. The number of hydrazone groups is 1. The summed E-state index contributed by atoms with van der Waals surface area (Å²) in [5, 5.41) is 4.09. The lowest BCUT2D eigenvalue weighted by molar-refractivity contribution is -0.121. The molecule has 0 saturated heterocycles. The predicted molar refractivity (Wildman–Crippen MR) is 83.2 cm³/mol. The number of nitrogens with zero attached hydrogens (tertiary/aromatic N) is 1. The summed E-state index contributed by atoms with van der Waals surface area (Å²) in [4.78, 5) is 12.3. The molecule has 1 aliphatic rings. The van der Waals surface area contributed by atoms with E-state index in [1.807, 2.05) is 37.5 Å². The number of benzene rings is 1. The first-order valence-electron chi connectivity index (χ1n) is 6.40. The van der Waals surface area contributed by atoms with Gasteiger partial charge < -0.3 is 4.74 Å². The van der Waals surface area contributed by atoms with Gasteiger partial charge in [-0.1, -0.05) is 13.0 Å². The molecule has 0 spiro atoms. The first kappa shape index (κ1) is 14.7. The van der Waals surface area contributed by atoms with Gasteiger partial charge >= 0.3 is 0 Å². The summed E-state index contributed by atoms with van der Waals surface area (Å²) in [6, 6.07) is 6.07. The highest BCUT2D eigenvalue weighted by atomic mass is 32.2. The third kappa shape index (κ3) is 3.63. The zero-order valence-electron chi connectivity index (χ0n) is 11.8. The van der Waals surface area contributed by atoms with E-state index in [2.05, 4.69) is 16.6 Å². The van der Waals surface area contributed by atoms with Crippen LogP contribution in [-0.4, -0.2) is 25.0 Å². The molecule has 1 unspecified atom stereocenters. The molecule has 20 heavy (non-hydrogen) atoms. The van der Waals surface area contributed by atoms with Crippen LogP contribution in [0.3, 0.4) is 0 Å². The van der Waals surface area contributed by atoms with Gasteiger partial charge in [-0.05, 0) is 36.1 Å². The van der Waals surface area contributed by atoms with Crippen LogP contribution in [0.4, 0.5) is 0 Å². The van der Waals surface area contributed by atoms with E-state index >= 15 is 0 Å². The quantitative estimate of drug-likeness (QED) is 0.867. The molecule has 0 fully saturated rings. The fraction of sp³-hybridized carbons (Fsp3) is 0.333. The molecular weight excluding hydrogens is 272 g/mol. The molecule has 0 aromatic heterocycles. The molecule has 1 atom stereocenters. The molecule has 1 amide bonds. The maximum Gasteiger partial charge on any atom is 0.240 e. The number of hydrogen-bond acceptors (Lipinski definition) is 4. The number of allylic oxidation sites excluding steroid dienone is 1. The van der Waals surface area contributed by atoms with Crippen molar-refractivity contribution in [2.45, 2.75) is 18.2 Å². The van der Waals surface area contributed by atoms with Crippen LogP contribution >= 0.6 is 11.8 Å². The monoisotopic (exact) mass is 290 g/mol. The van der Waals surface area contributed by atoms with Gasteiger partial charge in [-0.2, -0.15) is 5.10 Å². The smallest absolute Gasteiger partial charge is 0.240 e. The minimum Gasteiger partial charge on any atom is -0.497 e. The fourth-order valence-electron chi connectivity index (χ4n) is 1.97. The summed E-state index contributed by atoms with van der Waals surface area (Å²) in [6.07, 6.45) is 6.46. The largest absolute Gasteiger partial charge is 0.497 e. The standard InChI is InChI=1S/C15H18N2O2S/c1-10-6-15(18)17-16-14(10)5-4-11-7-12(19-2)9-13(8-11)20-3/h4-5,7-10H,6H2,1-3H3,(H,17,18). The fourth-order valence-corrected chi connectivity index (χ4v) is 2.46. The summed E-state index contributed by atoms with van der Waals surface area (Å²) < 4.78 is 5.29. The maximum atomic E-state index is 11.2. The minimum absolute atomic E-state index is 0.0271. The van der Waals surface area contributed by atoms with Gasteiger partial charge in [0.05, 0.1) is 12.8 Å². The van der Waals surface area contributed by atoms with Gasteiger partial charge in [0, 0.05) is 17.2 Å². The van der Waals surface area contributed by atoms with Crippen LogP contribution in [0.5, 0.6) is 5.75 Å². The van der Waals surface area contributed by atoms with E-state index in [0.29, 0.717) is 6.42 Å². The van der Waals surface area contributed by atoms with Crippen LogP contribution in [0, 0.1) is 5.92 Å². The zero-order valence-corrected chi connectivity index (χ0v) is 12.7. The number of ether oxygens (including phenoxy) is 1. The highest BCUT2D eigenvalue weighted by Gasteiger charge is 2.17. The second-order valence-corrected chi connectivity index (χ2v) is 5.54. The molecule has 106 valence electrons. The number of methoxy groups -OCH3 is 1. The van der Waals surface area contributed by atoms with Gasteiger partial charge in [0.15, 0.2) is 0 Å². The van der Waals surface area contributed by atoms with E-state index < -0.39 is 0 Å². The van der Waals surface area contributed by atoms with Crippen molar-refractivity contribution in [2.24, 2.45) is 11.0 Å². The lowest BCUT2D eigenvalue weighted by atomic mass is 9.99. The predicted octanol–water partition coefficient (Wildman–Crippen LogP) is 2.94. The number of amides is 1. The SMILES string of the molecule is COc1cc(C=CC2=NNC(=O)CC2C)cc(SC)c1. The topological polar surface area (TPSA) is 50.7 Å². The Morgan fingerprint density at radius 1 is 1.40 bits per heavy atom. The lowest BCUT2D eigenvalue weighted by Gasteiger charge is -2.16. The van der Waals surface area contributed by atoms with Crippen molar-refractivity contribution in [2.75, 3.05) is 13.4 Å². The molecule has 4 nitrogen and oxygen atoms in total. The van der Waals surface area contributed by atoms with Gasteiger partial charge in [0.1, 0.15) is 5.75 Å². The number of carbonyl (C=O) groups excluding carboxylic acids is 1.